The summed E-state index contributed by atoms with van der Waals surface area (Å²) in [6, 6.07) is 13.8. The first-order valence-corrected chi connectivity index (χ1v) is 18.0. The molecule has 2 aromatic rings. The van der Waals surface area contributed by atoms with E-state index >= 15 is 0 Å². The van der Waals surface area contributed by atoms with E-state index in [2.05, 4.69) is 20.8 Å². The topological polar surface area (TPSA) is 142 Å². The molecule has 11 nitrogen and oxygen atoms in total. The number of fused-ring (bicyclic) bond motifs is 1. The number of carbonyl (C=O) groups is 2. The molecule has 2 aliphatic heterocycles. The van der Waals surface area contributed by atoms with Crippen LogP contribution in [0.4, 0.5) is 5.69 Å². The Hall–Kier alpha value is -3.55. The lowest BCUT2D eigenvalue weighted by atomic mass is 9.83. The Kier molecular flexibility index (Phi) is 9.23. The maximum atomic E-state index is 13.5. The fourth-order valence-electron chi connectivity index (χ4n) is 5.57. The van der Waals surface area contributed by atoms with E-state index in [1.54, 1.807) is 12.1 Å². The Morgan fingerprint density at radius 3 is 2.21 bits per heavy atom. The molecule has 1 saturated heterocycles. The van der Waals surface area contributed by atoms with Crippen LogP contribution in [0, 0.1) is 23.0 Å². The Morgan fingerprint density at radius 2 is 1.67 bits per heavy atom. The van der Waals surface area contributed by atoms with Crippen molar-refractivity contribution in [3.63, 3.8) is 0 Å². The van der Waals surface area contributed by atoms with Crippen molar-refractivity contribution in [2.75, 3.05) is 0 Å². The maximum absolute atomic E-state index is 13.5. The minimum Gasteiger partial charge on any atom is -0.456 e. The van der Waals surface area contributed by atoms with Crippen molar-refractivity contribution in [3.05, 3.63) is 81.2 Å². The van der Waals surface area contributed by atoms with Crippen LogP contribution < -0.4 is 0 Å². The van der Waals surface area contributed by atoms with Crippen molar-refractivity contribution >= 4 is 36.0 Å². The quantitative estimate of drug-likeness (QED) is 0.0740. The van der Waals surface area contributed by atoms with E-state index in [0.717, 1.165) is 23.7 Å². The first-order valence-electron chi connectivity index (χ1n) is 14.0. The van der Waals surface area contributed by atoms with Gasteiger partial charge in [0, 0.05) is 18.6 Å². The number of rotatable bonds is 13. The highest BCUT2D eigenvalue weighted by molar-refractivity contribution is 7.86. The van der Waals surface area contributed by atoms with Gasteiger partial charge in [-0.1, -0.05) is 38.5 Å². The molecule has 4 rings (SSSR count). The zero-order chi connectivity index (χ0) is 30.8. The number of nitro benzene ring substituents is 1. The number of benzene rings is 2. The second kappa shape index (κ2) is 12.4. The maximum Gasteiger partial charge on any atom is 0.358 e. The average Bonchev–Trinajstić information content (AvgIpc) is 3.28. The van der Waals surface area contributed by atoms with Crippen molar-refractivity contribution < 1.29 is 36.3 Å². The normalized spacial score (nSPS) is 19.3. The Balaban J connectivity index is 1.60. The summed E-state index contributed by atoms with van der Waals surface area (Å²) in [6.45, 7) is 9.72. The van der Waals surface area contributed by atoms with Gasteiger partial charge >= 0.3 is 16.1 Å². The zero-order valence-corrected chi connectivity index (χ0v) is 26.2. The van der Waals surface area contributed by atoms with Crippen molar-refractivity contribution in [2.24, 2.45) is 5.92 Å². The van der Waals surface area contributed by atoms with Gasteiger partial charge in [-0.15, -0.1) is 0 Å². The number of carbonyl (C=O) groups excluding carboxylic acids is 2. The highest BCUT2D eigenvalue weighted by Crippen LogP contribution is 2.46. The number of ether oxygens (including phenoxy) is 1. The molecule has 2 aliphatic rings. The predicted octanol–water partition coefficient (Wildman–Crippen LogP) is 5.20. The van der Waals surface area contributed by atoms with E-state index < -0.39 is 47.4 Å². The van der Waals surface area contributed by atoms with Crippen LogP contribution in [-0.2, 0) is 39.7 Å². The van der Waals surface area contributed by atoms with E-state index in [4.69, 9.17) is 13.3 Å². The summed E-state index contributed by atoms with van der Waals surface area (Å²) in [6.07, 6.45) is -0.411. The first-order chi connectivity index (χ1) is 19.9. The van der Waals surface area contributed by atoms with Gasteiger partial charge in [0.15, 0.2) is 19.8 Å². The SMILES string of the molecule is CC[Si](CC)(CC)O[C@H](C)[C@H]1C(=O)N2C(C(=O)OCc3ccc([N+](=O)[O-])cc3)=C(OS(=O)(=O)c3ccc(C)cc3)C[C@H]12. The minimum absolute atomic E-state index is 0.0100. The number of esters is 1. The average molecular weight is 617 g/mol. The monoisotopic (exact) mass is 616 g/mol. The van der Waals surface area contributed by atoms with Gasteiger partial charge in [0.05, 0.1) is 23.0 Å². The molecule has 2 heterocycles. The summed E-state index contributed by atoms with van der Waals surface area (Å²) in [5.41, 5.74) is 0.977. The van der Waals surface area contributed by atoms with Gasteiger partial charge in [-0.2, -0.15) is 8.42 Å². The molecule has 226 valence electrons. The Bertz CT molecular complexity index is 1480. The number of hydrogen-bond acceptors (Lipinski definition) is 9. The largest absolute Gasteiger partial charge is 0.456 e. The van der Waals surface area contributed by atoms with Crippen LogP contribution in [0.5, 0.6) is 0 Å². The summed E-state index contributed by atoms with van der Waals surface area (Å²) >= 11 is 0. The van der Waals surface area contributed by atoms with Crippen LogP contribution >= 0.6 is 0 Å². The van der Waals surface area contributed by atoms with Crippen molar-refractivity contribution in [2.45, 2.75) is 82.8 Å². The molecule has 0 radical (unpaired) electrons. The van der Waals surface area contributed by atoms with Gasteiger partial charge in [-0.05, 0) is 61.8 Å². The molecule has 0 N–H and O–H groups in total. The molecule has 13 heteroatoms. The van der Waals surface area contributed by atoms with E-state index in [0.29, 0.717) is 5.56 Å². The van der Waals surface area contributed by atoms with Crippen molar-refractivity contribution in [1.82, 2.24) is 4.90 Å². The molecule has 3 atom stereocenters. The third-order valence-corrected chi connectivity index (χ3v) is 14.3. The van der Waals surface area contributed by atoms with Crippen molar-refractivity contribution in [3.8, 4) is 0 Å². The lowest BCUT2D eigenvalue weighted by Crippen LogP contribution is -2.63. The van der Waals surface area contributed by atoms with Crippen LogP contribution in [0.1, 0.15) is 45.2 Å². The third-order valence-electron chi connectivity index (χ3n) is 8.27. The molecule has 42 heavy (non-hydrogen) atoms. The summed E-state index contributed by atoms with van der Waals surface area (Å²) in [5, 5.41) is 10.9. The number of nitro groups is 1. The van der Waals surface area contributed by atoms with Crippen LogP contribution in [-0.4, -0.2) is 50.6 Å². The van der Waals surface area contributed by atoms with Gasteiger partial charge in [-0.25, -0.2) is 4.79 Å². The van der Waals surface area contributed by atoms with E-state index in [-0.39, 0.29) is 41.0 Å². The van der Waals surface area contributed by atoms with Gasteiger partial charge in [0.2, 0.25) is 5.91 Å². The van der Waals surface area contributed by atoms with Gasteiger partial charge in [-0.3, -0.25) is 19.8 Å². The van der Waals surface area contributed by atoms with Gasteiger partial charge in [0.1, 0.15) is 11.5 Å². The standard InChI is InChI=1S/C29H36N2O9SSi/c1-6-42(7-2,8-3)40-20(5)26-24-17-25(39-41(36,37)23-15-9-19(4)10-16-23)27(30(24)28(26)32)29(33)38-18-21-11-13-22(14-12-21)31(34)35/h9-16,20,24,26H,6-8,17-18H2,1-5H3/t20-,24-,26-/m1/s1. The third kappa shape index (κ3) is 6.13. The fourth-order valence-corrected chi connectivity index (χ4v) is 9.48. The molecule has 1 fully saturated rings. The molecule has 2 aromatic carbocycles. The lowest BCUT2D eigenvalue weighted by Gasteiger charge is -2.47. The zero-order valence-electron chi connectivity index (χ0n) is 24.4. The highest BCUT2D eigenvalue weighted by atomic mass is 32.2. The molecule has 0 saturated carbocycles. The van der Waals surface area contributed by atoms with Crippen LogP contribution in [0.3, 0.4) is 0 Å². The predicted molar refractivity (Wildman–Crippen MR) is 156 cm³/mol. The van der Waals surface area contributed by atoms with E-state index in [1.165, 1.54) is 41.3 Å². The van der Waals surface area contributed by atoms with E-state index in [1.807, 2.05) is 13.8 Å². The summed E-state index contributed by atoms with van der Waals surface area (Å²) < 4.78 is 43.9. The smallest absolute Gasteiger partial charge is 0.358 e. The van der Waals surface area contributed by atoms with Crippen LogP contribution in [0.25, 0.3) is 0 Å². The highest BCUT2D eigenvalue weighted by Gasteiger charge is 2.59. The second-order valence-electron chi connectivity index (χ2n) is 10.7. The number of aryl methyl sites for hydroxylation is 1. The second-order valence-corrected chi connectivity index (χ2v) is 17.0. The fraction of sp³-hybridized carbons (Fsp3) is 0.448. The summed E-state index contributed by atoms with van der Waals surface area (Å²) in [5.74, 6) is -2.01. The molecular weight excluding hydrogens is 580 g/mol. The van der Waals surface area contributed by atoms with Crippen LogP contribution in [0.2, 0.25) is 18.1 Å². The van der Waals surface area contributed by atoms with E-state index in [9.17, 15) is 28.1 Å². The van der Waals surface area contributed by atoms with Gasteiger partial charge in [0.25, 0.3) is 5.69 Å². The molecule has 0 unspecified atom stereocenters. The molecule has 0 aliphatic carbocycles. The summed E-state index contributed by atoms with van der Waals surface area (Å²) in [4.78, 5) is 38.4. The van der Waals surface area contributed by atoms with Crippen molar-refractivity contribution in [1.29, 1.82) is 0 Å². The minimum atomic E-state index is -4.31. The van der Waals surface area contributed by atoms with Crippen LogP contribution in [0.15, 0.2) is 64.9 Å². The van der Waals surface area contributed by atoms with Gasteiger partial charge < -0.3 is 13.3 Å². The lowest BCUT2D eigenvalue weighted by molar-refractivity contribution is -0.384. The Morgan fingerprint density at radius 1 is 1.07 bits per heavy atom. The number of nitrogens with zero attached hydrogens (tertiary/aromatic N) is 2. The number of hydrogen-bond donors (Lipinski definition) is 0. The number of β-lactam (4-membered cyclic amide) rings is 1. The molecular formula is C29H36N2O9SSi. The molecule has 1 amide bonds. The molecule has 0 spiro atoms. The first kappa shape index (κ1) is 31.4. The Labute approximate surface area is 246 Å². The molecule has 0 bridgehead atoms. The number of non-ortho nitro benzene ring substituents is 1. The number of amides is 1. The summed E-state index contributed by atoms with van der Waals surface area (Å²) in [7, 11) is -6.36. The molecule has 0 aromatic heterocycles.